The molecule has 0 fully saturated rings. The Bertz CT molecular complexity index is 1810. The second-order valence-electron chi connectivity index (χ2n) is 8.13. The van der Waals surface area contributed by atoms with E-state index >= 15 is 0 Å². The fourth-order valence-corrected chi connectivity index (χ4v) is 4.61. The van der Waals surface area contributed by atoms with Crippen LogP contribution >= 0.6 is 15.9 Å². The van der Waals surface area contributed by atoms with Gasteiger partial charge < -0.3 is 4.90 Å². The maximum Gasteiger partial charge on any atom is 0.0645 e. The van der Waals surface area contributed by atoms with Gasteiger partial charge in [0.1, 0.15) is 0 Å². The predicted molar refractivity (Wildman–Crippen MR) is 149 cm³/mol. The first-order chi connectivity index (χ1) is 18.4. The number of hydrogen-bond acceptors (Lipinski definition) is 1. The first kappa shape index (κ1) is 16.7. The van der Waals surface area contributed by atoms with Gasteiger partial charge in [-0.1, -0.05) is 94.7 Å². The highest BCUT2D eigenvalue weighted by molar-refractivity contribution is 9.10. The summed E-state index contributed by atoms with van der Waals surface area (Å²) in [6.45, 7) is 0. The van der Waals surface area contributed by atoms with Gasteiger partial charge in [0.25, 0.3) is 0 Å². The molecule has 6 rings (SSSR count). The molecule has 162 valence electrons. The highest BCUT2D eigenvalue weighted by atomic mass is 79.9. The molecule has 6 aromatic carbocycles. The normalized spacial score (nSPS) is 12.7. The number of halogens is 1. The van der Waals surface area contributed by atoms with E-state index in [1.54, 1.807) is 0 Å². The number of hydrogen-bond donors (Lipinski definition) is 0. The van der Waals surface area contributed by atoms with Crippen molar-refractivity contribution in [2.45, 2.75) is 0 Å². The van der Waals surface area contributed by atoms with E-state index in [4.69, 9.17) is 5.48 Å². The van der Waals surface area contributed by atoms with Crippen molar-refractivity contribution in [2.75, 3.05) is 4.90 Å². The monoisotopic (exact) mass is 503 g/mol. The van der Waals surface area contributed by atoms with Crippen molar-refractivity contribution < 1.29 is 5.48 Å². The van der Waals surface area contributed by atoms with Crippen LogP contribution in [0.5, 0.6) is 0 Å². The van der Waals surface area contributed by atoms with Crippen molar-refractivity contribution >= 4 is 54.5 Å². The number of para-hydroxylation sites is 1. The third-order valence-electron chi connectivity index (χ3n) is 5.93. The molecule has 0 saturated heterocycles. The van der Waals surface area contributed by atoms with Gasteiger partial charge in [0.05, 0.1) is 5.48 Å². The molecule has 1 nitrogen and oxygen atoms in total. The summed E-state index contributed by atoms with van der Waals surface area (Å²) in [5, 5.41) is 4.11. The van der Waals surface area contributed by atoms with Crippen molar-refractivity contribution in [3.63, 3.8) is 0 Å². The number of anilines is 3. The Morgan fingerprint density at radius 1 is 0.471 bits per heavy atom. The van der Waals surface area contributed by atoms with E-state index in [-0.39, 0.29) is 29.9 Å². The molecule has 0 spiro atoms. The Hall–Kier alpha value is -3.88. The molecule has 2 heteroatoms. The van der Waals surface area contributed by atoms with E-state index in [2.05, 4.69) is 15.9 Å². The van der Waals surface area contributed by atoms with E-state index < -0.39 is 0 Å². The number of benzene rings is 6. The Balaban J connectivity index is 1.58. The molecule has 34 heavy (non-hydrogen) atoms. The molecular weight excluding hydrogens is 478 g/mol. The SMILES string of the molecule is [2H]c1c([2H])c(N(c2ccccc2)c2ccc3ccccc3c2)c([2H])c([2H])c1-c1ccc2cc(Br)ccc2c1. The zero-order chi connectivity index (χ0) is 26.4. The van der Waals surface area contributed by atoms with Crippen molar-refractivity contribution in [2.24, 2.45) is 0 Å². The topological polar surface area (TPSA) is 3.24 Å². The molecular formula is C32H22BrN. The van der Waals surface area contributed by atoms with Crippen molar-refractivity contribution in [1.29, 1.82) is 0 Å². The van der Waals surface area contributed by atoms with E-state index in [1.165, 1.54) is 0 Å². The van der Waals surface area contributed by atoms with Crippen LogP contribution in [0.25, 0.3) is 32.7 Å². The van der Waals surface area contributed by atoms with Crippen molar-refractivity contribution in [3.05, 3.63) is 138 Å². The molecule has 0 aliphatic rings. The summed E-state index contributed by atoms with van der Waals surface area (Å²) in [5.41, 5.74) is 2.68. The first-order valence-corrected chi connectivity index (χ1v) is 11.9. The van der Waals surface area contributed by atoms with Crippen LogP contribution in [0, 0.1) is 0 Å². The van der Waals surface area contributed by atoms with Crippen LogP contribution in [0.3, 0.4) is 0 Å². The van der Waals surface area contributed by atoms with Crippen LogP contribution in [0.4, 0.5) is 17.1 Å². The van der Waals surface area contributed by atoms with E-state index in [9.17, 15) is 0 Å². The Labute approximate surface area is 213 Å². The summed E-state index contributed by atoms with van der Waals surface area (Å²) in [6.07, 6.45) is 0. The lowest BCUT2D eigenvalue weighted by Crippen LogP contribution is -2.09. The third kappa shape index (κ3) is 3.98. The quantitative estimate of drug-likeness (QED) is 0.231. The minimum absolute atomic E-state index is 0.0702. The van der Waals surface area contributed by atoms with E-state index in [1.807, 2.05) is 114 Å². The minimum atomic E-state index is -0.0890. The summed E-state index contributed by atoms with van der Waals surface area (Å²) in [5.74, 6) is 0. The van der Waals surface area contributed by atoms with Crippen molar-refractivity contribution in [1.82, 2.24) is 0 Å². The zero-order valence-electron chi connectivity index (χ0n) is 22.2. The summed E-state index contributed by atoms with van der Waals surface area (Å²) in [7, 11) is 0. The summed E-state index contributed by atoms with van der Waals surface area (Å²) >= 11 is 3.50. The number of rotatable bonds is 4. The maximum absolute atomic E-state index is 9.07. The van der Waals surface area contributed by atoms with Gasteiger partial charge in [-0.2, -0.15) is 0 Å². The van der Waals surface area contributed by atoms with Gasteiger partial charge in [-0.3, -0.25) is 0 Å². The molecule has 0 heterocycles. The van der Waals surface area contributed by atoms with Crippen LogP contribution in [0.2, 0.25) is 0 Å². The lowest BCUT2D eigenvalue weighted by atomic mass is 10.0. The highest BCUT2D eigenvalue weighted by Crippen LogP contribution is 2.37. The molecule has 0 saturated carbocycles. The second kappa shape index (κ2) is 8.81. The summed E-state index contributed by atoms with van der Waals surface area (Å²) < 4.78 is 37.1. The van der Waals surface area contributed by atoms with Gasteiger partial charge in [-0.05, 0) is 87.2 Å². The molecule has 0 bridgehead atoms. The van der Waals surface area contributed by atoms with Crippen molar-refractivity contribution in [3.8, 4) is 11.1 Å². The maximum atomic E-state index is 9.07. The van der Waals surface area contributed by atoms with Gasteiger partial charge in [0, 0.05) is 21.5 Å². The summed E-state index contributed by atoms with van der Waals surface area (Å²) in [6, 6.07) is 34.9. The van der Waals surface area contributed by atoms with Crippen LogP contribution in [-0.2, 0) is 0 Å². The van der Waals surface area contributed by atoms with Gasteiger partial charge >= 0.3 is 0 Å². The Morgan fingerprint density at radius 3 is 1.94 bits per heavy atom. The second-order valence-corrected chi connectivity index (χ2v) is 9.05. The number of nitrogens with zero attached hydrogens (tertiary/aromatic N) is 1. The van der Waals surface area contributed by atoms with E-state index in [0.717, 1.165) is 37.4 Å². The smallest absolute Gasteiger partial charge is 0.0645 e. The Kier molecular flexibility index (Phi) is 4.33. The fourth-order valence-electron chi connectivity index (χ4n) is 4.23. The molecule has 0 aliphatic heterocycles. The zero-order valence-corrected chi connectivity index (χ0v) is 19.8. The Morgan fingerprint density at radius 2 is 1.12 bits per heavy atom. The van der Waals surface area contributed by atoms with Gasteiger partial charge in [-0.25, -0.2) is 0 Å². The molecule has 0 N–H and O–H groups in total. The molecule has 0 aromatic heterocycles. The average Bonchev–Trinajstić information content (AvgIpc) is 2.94. The van der Waals surface area contributed by atoms with Gasteiger partial charge in [-0.15, -0.1) is 0 Å². The summed E-state index contributed by atoms with van der Waals surface area (Å²) in [4.78, 5) is 1.81. The van der Waals surface area contributed by atoms with Gasteiger partial charge in [0.2, 0.25) is 0 Å². The molecule has 0 atom stereocenters. The van der Waals surface area contributed by atoms with Crippen LogP contribution < -0.4 is 4.90 Å². The standard InChI is InChI=1S/C32H22BrN/c33-29-16-12-27-20-26(10-11-28(27)21-29)24-13-17-31(18-14-24)34(30-8-2-1-3-9-30)32-19-15-23-6-4-5-7-25(23)22-32/h1-22H/i13D,14D,17D,18D. The predicted octanol–water partition coefficient (Wildman–Crippen LogP) is 9.89. The van der Waals surface area contributed by atoms with Gasteiger partial charge in [0.15, 0.2) is 0 Å². The average molecular weight is 504 g/mol. The fraction of sp³-hybridized carbons (Fsp3) is 0. The van der Waals surface area contributed by atoms with Crippen LogP contribution in [-0.4, -0.2) is 0 Å². The van der Waals surface area contributed by atoms with E-state index in [0.29, 0.717) is 11.1 Å². The molecule has 0 unspecified atom stereocenters. The molecule has 0 amide bonds. The molecule has 0 radical (unpaired) electrons. The largest absolute Gasteiger partial charge is 0.310 e. The lowest BCUT2D eigenvalue weighted by molar-refractivity contribution is 1.29. The first-order valence-electron chi connectivity index (χ1n) is 13.1. The molecule has 6 aromatic rings. The minimum Gasteiger partial charge on any atom is -0.310 e. The lowest BCUT2D eigenvalue weighted by Gasteiger charge is -2.26. The molecule has 0 aliphatic carbocycles. The number of fused-ring (bicyclic) bond motifs is 2. The van der Waals surface area contributed by atoms with Crippen LogP contribution in [0.15, 0.2) is 138 Å². The highest BCUT2D eigenvalue weighted by Gasteiger charge is 2.13. The van der Waals surface area contributed by atoms with Crippen LogP contribution in [0.1, 0.15) is 5.48 Å². The third-order valence-corrected chi connectivity index (χ3v) is 6.43.